The number of nitrogens with zero attached hydrogens (tertiary/aromatic N) is 1. The zero-order valence-corrected chi connectivity index (χ0v) is 17.6. The van der Waals surface area contributed by atoms with Gasteiger partial charge in [0, 0.05) is 0 Å². The zero-order chi connectivity index (χ0) is 21.3. The Labute approximate surface area is 180 Å². The van der Waals surface area contributed by atoms with Gasteiger partial charge in [-0.25, -0.2) is 0 Å². The molecule has 1 heterocycles. The quantitative estimate of drug-likeness (QED) is 0.350. The number of allylic oxidation sites excluding steroid dienone is 1. The van der Waals surface area contributed by atoms with E-state index >= 15 is 0 Å². The van der Waals surface area contributed by atoms with Crippen LogP contribution >= 0.6 is 11.8 Å². The van der Waals surface area contributed by atoms with Crippen LogP contribution in [0.3, 0.4) is 0 Å². The van der Waals surface area contributed by atoms with E-state index in [1.165, 1.54) is 0 Å². The van der Waals surface area contributed by atoms with E-state index in [0.717, 1.165) is 35.1 Å². The van der Waals surface area contributed by atoms with E-state index in [0.29, 0.717) is 36.2 Å². The molecule has 0 radical (unpaired) electrons. The molecule has 6 nitrogen and oxygen atoms in total. The summed E-state index contributed by atoms with van der Waals surface area (Å²) in [5.74, 6) is 1.71. The minimum atomic E-state index is -0.329. The van der Waals surface area contributed by atoms with Crippen molar-refractivity contribution in [2.24, 2.45) is 10.7 Å². The SMILES string of the molecule is C=CCc1ccccc1OCCOc1ccc(/C=C2\SC(N)=NC2=O)cc1OCC. The van der Waals surface area contributed by atoms with E-state index in [-0.39, 0.29) is 11.1 Å². The molecule has 2 N–H and O–H groups in total. The molecule has 0 atom stereocenters. The van der Waals surface area contributed by atoms with Crippen LogP contribution in [-0.4, -0.2) is 30.9 Å². The first-order valence-corrected chi connectivity index (χ1v) is 10.4. The number of hydrogen-bond acceptors (Lipinski definition) is 6. The van der Waals surface area contributed by atoms with Gasteiger partial charge in [0.1, 0.15) is 19.0 Å². The number of ether oxygens (including phenoxy) is 3. The lowest BCUT2D eigenvalue weighted by atomic mass is 10.1. The summed E-state index contributed by atoms with van der Waals surface area (Å²) in [6.07, 6.45) is 4.34. The highest BCUT2D eigenvalue weighted by molar-refractivity contribution is 8.18. The Kier molecular flexibility index (Phi) is 7.57. The summed E-state index contributed by atoms with van der Waals surface area (Å²) < 4.78 is 17.4. The number of nitrogens with two attached hydrogens (primary N) is 1. The van der Waals surface area contributed by atoms with Gasteiger partial charge in [0.2, 0.25) is 0 Å². The van der Waals surface area contributed by atoms with Gasteiger partial charge in [-0.05, 0) is 60.5 Å². The summed E-state index contributed by atoms with van der Waals surface area (Å²) in [7, 11) is 0. The molecule has 0 unspecified atom stereocenters. The van der Waals surface area contributed by atoms with E-state index in [1.54, 1.807) is 6.08 Å². The Morgan fingerprint density at radius 1 is 1.07 bits per heavy atom. The van der Waals surface area contributed by atoms with E-state index < -0.39 is 0 Å². The van der Waals surface area contributed by atoms with Gasteiger partial charge in [-0.3, -0.25) is 4.79 Å². The number of benzene rings is 2. The molecule has 30 heavy (non-hydrogen) atoms. The molecule has 0 aromatic heterocycles. The van der Waals surface area contributed by atoms with Crippen LogP contribution in [0.1, 0.15) is 18.1 Å². The van der Waals surface area contributed by atoms with Crippen LogP contribution in [0.2, 0.25) is 0 Å². The number of aliphatic imine (C=N–C) groups is 1. The molecule has 7 heteroatoms. The highest BCUT2D eigenvalue weighted by Gasteiger charge is 2.19. The molecule has 1 aliphatic heterocycles. The van der Waals surface area contributed by atoms with Crippen molar-refractivity contribution in [1.29, 1.82) is 0 Å². The van der Waals surface area contributed by atoms with Crippen molar-refractivity contribution in [3.63, 3.8) is 0 Å². The molecule has 0 saturated heterocycles. The minimum Gasteiger partial charge on any atom is -0.490 e. The topological polar surface area (TPSA) is 83.1 Å². The molecule has 2 aromatic carbocycles. The van der Waals surface area contributed by atoms with Crippen molar-refractivity contribution in [3.8, 4) is 17.2 Å². The number of para-hydroxylation sites is 1. The van der Waals surface area contributed by atoms with Crippen LogP contribution in [0.25, 0.3) is 6.08 Å². The molecule has 1 aliphatic rings. The molecule has 156 valence electrons. The van der Waals surface area contributed by atoms with Crippen LogP contribution < -0.4 is 19.9 Å². The number of thioether (sulfide) groups is 1. The third kappa shape index (κ3) is 5.67. The lowest BCUT2D eigenvalue weighted by molar-refractivity contribution is -0.113. The fraction of sp³-hybridized carbons (Fsp3) is 0.217. The number of amides is 1. The first kappa shape index (κ1) is 21.5. The fourth-order valence-corrected chi connectivity index (χ4v) is 3.53. The standard InChI is InChI=1S/C23H24N2O4S/c1-3-7-17-8-5-6-9-18(17)28-12-13-29-19-11-10-16(14-20(19)27-4-2)15-21-22(26)25-23(24)30-21/h3,5-6,8-11,14-15H,1,4,7,12-13H2,2H3,(H2,24,25,26)/b21-15-. The summed E-state index contributed by atoms with van der Waals surface area (Å²) in [4.78, 5) is 16.0. The van der Waals surface area contributed by atoms with Gasteiger partial charge in [0.05, 0.1) is 11.5 Å². The smallest absolute Gasteiger partial charge is 0.286 e. The van der Waals surface area contributed by atoms with Gasteiger partial charge < -0.3 is 19.9 Å². The monoisotopic (exact) mass is 424 g/mol. The van der Waals surface area contributed by atoms with Gasteiger partial charge in [0.25, 0.3) is 5.91 Å². The Hall–Kier alpha value is -3.19. The average Bonchev–Trinajstić information content (AvgIpc) is 3.05. The number of amidine groups is 1. The van der Waals surface area contributed by atoms with Crippen LogP contribution in [0.15, 0.2) is 65.0 Å². The lowest BCUT2D eigenvalue weighted by Gasteiger charge is -2.14. The maximum atomic E-state index is 11.8. The second kappa shape index (κ2) is 10.5. The van der Waals surface area contributed by atoms with E-state index in [2.05, 4.69) is 11.6 Å². The Bertz CT molecular complexity index is 985. The number of rotatable bonds is 10. The van der Waals surface area contributed by atoms with Crippen molar-refractivity contribution >= 4 is 28.9 Å². The number of carbonyl (C=O) groups is 1. The summed E-state index contributed by atoms with van der Waals surface area (Å²) in [5.41, 5.74) is 7.49. The van der Waals surface area contributed by atoms with Crippen molar-refractivity contribution in [3.05, 3.63) is 71.2 Å². The van der Waals surface area contributed by atoms with Crippen LogP contribution in [-0.2, 0) is 11.2 Å². The normalized spacial score (nSPS) is 14.5. The summed E-state index contributed by atoms with van der Waals surface area (Å²) in [5, 5.41) is 0.255. The minimum absolute atomic E-state index is 0.255. The Morgan fingerprint density at radius 2 is 1.83 bits per heavy atom. The average molecular weight is 425 g/mol. The summed E-state index contributed by atoms with van der Waals surface area (Å²) in [6.45, 7) is 6.93. The molecule has 0 bridgehead atoms. The Balaban J connectivity index is 1.63. The number of hydrogen-bond donors (Lipinski definition) is 1. The lowest BCUT2D eigenvalue weighted by Crippen LogP contribution is -2.10. The molecule has 2 aromatic rings. The van der Waals surface area contributed by atoms with Crippen LogP contribution in [0.4, 0.5) is 0 Å². The van der Waals surface area contributed by atoms with Crippen LogP contribution in [0.5, 0.6) is 17.2 Å². The van der Waals surface area contributed by atoms with E-state index in [4.69, 9.17) is 19.9 Å². The fourth-order valence-electron chi connectivity index (χ4n) is 2.85. The first-order chi connectivity index (χ1) is 14.6. The maximum Gasteiger partial charge on any atom is 0.286 e. The predicted molar refractivity (Wildman–Crippen MR) is 121 cm³/mol. The van der Waals surface area contributed by atoms with Gasteiger partial charge in [-0.1, -0.05) is 30.3 Å². The van der Waals surface area contributed by atoms with Gasteiger partial charge in [0.15, 0.2) is 16.7 Å². The molecule has 0 aliphatic carbocycles. The highest BCUT2D eigenvalue weighted by atomic mass is 32.2. The maximum absolute atomic E-state index is 11.8. The van der Waals surface area contributed by atoms with Gasteiger partial charge in [-0.15, -0.1) is 6.58 Å². The van der Waals surface area contributed by atoms with Crippen molar-refractivity contribution in [1.82, 2.24) is 0 Å². The molecule has 1 amide bonds. The van der Waals surface area contributed by atoms with Crippen molar-refractivity contribution in [2.75, 3.05) is 19.8 Å². The molecule has 0 fully saturated rings. The molecule has 3 rings (SSSR count). The Morgan fingerprint density at radius 3 is 2.53 bits per heavy atom. The second-order valence-electron chi connectivity index (χ2n) is 6.30. The third-order valence-corrected chi connectivity index (χ3v) is 4.95. The third-order valence-electron chi connectivity index (χ3n) is 4.14. The van der Waals surface area contributed by atoms with Crippen molar-refractivity contribution < 1.29 is 19.0 Å². The highest BCUT2D eigenvalue weighted by Crippen LogP contribution is 2.32. The largest absolute Gasteiger partial charge is 0.490 e. The summed E-state index contributed by atoms with van der Waals surface area (Å²) >= 11 is 1.16. The molecular formula is C23H24N2O4S. The zero-order valence-electron chi connectivity index (χ0n) is 16.8. The molecule has 0 spiro atoms. The number of carbonyl (C=O) groups excluding carboxylic acids is 1. The predicted octanol–water partition coefficient (Wildman–Crippen LogP) is 4.20. The van der Waals surface area contributed by atoms with Gasteiger partial charge >= 0.3 is 0 Å². The molecule has 0 saturated carbocycles. The van der Waals surface area contributed by atoms with Crippen LogP contribution in [0, 0.1) is 0 Å². The first-order valence-electron chi connectivity index (χ1n) is 9.60. The molecular weight excluding hydrogens is 400 g/mol. The van der Waals surface area contributed by atoms with E-state index in [1.807, 2.05) is 55.5 Å². The second-order valence-corrected chi connectivity index (χ2v) is 7.36. The van der Waals surface area contributed by atoms with E-state index in [9.17, 15) is 4.79 Å². The van der Waals surface area contributed by atoms with Gasteiger partial charge in [-0.2, -0.15) is 4.99 Å². The van der Waals surface area contributed by atoms with Crippen molar-refractivity contribution in [2.45, 2.75) is 13.3 Å². The summed E-state index contributed by atoms with van der Waals surface area (Å²) in [6, 6.07) is 13.4.